The van der Waals surface area contributed by atoms with Crippen LogP contribution in [0.4, 0.5) is 5.82 Å². The van der Waals surface area contributed by atoms with E-state index in [4.69, 9.17) is 19.7 Å². The van der Waals surface area contributed by atoms with Crippen LogP contribution in [0, 0.1) is 5.92 Å². The van der Waals surface area contributed by atoms with Crippen molar-refractivity contribution in [1.82, 2.24) is 19.7 Å². The smallest absolute Gasteiger partial charge is 0.320 e. The Morgan fingerprint density at radius 1 is 1.41 bits per heavy atom. The van der Waals surface area contributed by atoms with Crippen molar-refractivity contribution in [2.45, 2.75) is 51.7 Å². The predicted octanol–water partition coefficient (Wildman–Crippen LogP) is 2.63. The molecule has 3 rings (SSSR count). The minimum atomic E-state index is -0.244. The molecule has 0 saturated carbocycles. The van der Waals surface area contributed by atoms with Crippen LogP contribution in [0.15, 0.2) is 18.5 Å². The van der Waals surface area contributed by atoms with Crippen LogP contribution in [0.5, 0.6) is 0 Å². The van der Waals surface area contributed by atoms with Crippen molar-refractivity contribution in [1.29, 1.82) is 0 Å². The van der Waals surface area contributed by atoms with Crippen molar-refractivity contribution in [3.8, 4) is 0 Å². The predicted molar refractivity (Wildman–Crippen MR) is 112 cm³/mol. The summed E-state index contributed by atoms with van der Waals surface area (Å²) in [5, 5.41) is 7.25. The first kappa shape index (κ1) is 21.9. The summed E-state index contributed by atoms with van der Waals surface area (Å²) in [4.78, 5) is 15.7. The van der Waals surface area contributed by atoms with Gasteiger partial charge in [-0.05, 0) is 30.9 Å². The molecule has 3 N–H and O–H groups in total. The topological polar surface area (TPSA) is 113 Å². The Labute approximate surface area is 172 Å². The third kappa shape index (κ3) is 5.85. The number of rotatable bonds is 11. The van der Waals surface area contributed by atoms with Crippen LogP contribution in [0.25, 0.3) is 5.52 Å². The van der Waals surface area contributed by atoms with E-state index in [9.17, 15) is 4.79 Å². The molecular formula is C19H30N5O4P. The van der Waals surface area contributed by atoms with Gasteiger partial charge in [0.2, 0.25) is 0 Å². The SMILES string of the molecule is CCC(CC)COC(=O)CNPOC[C@@H]1CCC(c2ccc3c(N)ncnn23)O1. The van der Waals surface area contributed by atoms with Gasteiger partial charge >= 0.3 is 5.97 Å². The van der Waals surface area contributed by atoms with Crippen LogP contribution in [0.1, 0.15) is 51.3 Å². The number of aromatic nitrogens is 3. The average Bonchev–Trinajstić information content (AvgIpc) is 3.36. The Balaban J connectivity index is 1.34. The molecule has 3 atom stereocenters. The number of hydrogen-bond donors (Lipinski definition) is 2. The number of carbonyl (C=O) groups excluding carboxylic acids is 1. The zero-order valence-corrected chi connectivity index (χ0v) is 18.0. The summed E-state index contributed by atoms with van der Waals surface area (Å²) in [6.07, 6.45) is 5.25. The van der Waals surface area contributed by atoms with Crippen molar-refractivity contribution in [2.75, 3.05) is 25.5 Å². The summed E-state index contributed by atoms with van der Waals surface area (Å²) in [7, 11) is 0.0255. The summed E-state index contributed by atoms with van der Waals surface area (Å²) < 4.78 is 18.8. The summed E-state index contributed by atoms with van der Waals surface area (Å²) in [6, 6.07) is 3.89. The highest BCUT2D eigenvalue weighted by molar-refractivity contribution is 7.29. The van der Waals surface area contributed by atoms with Crippen molar-refractivity contribution in [3.05, 3.63) is 24.2 Å². The number of nitrogens with zero attached hydrogens (tertiary/aromatic N) is 3. The van der Waals surface area contributed by atoms with E-state index in [-0.39, 0.29) is 33.7 Å². The molecule has 0 aromatic carbocycles. The highest BCUT2D eigenvalue weighted by Crippen LogP contribution is 2.34. The molecule has 1 aliphatic heterocycles. The lowest BCUT2D eigenvalue weighted by Gasteiger charge is -2.14. The lowest BCUT2D eigenvalue weighted by atomic mass is 10.1. The van der Waals surface area contributed by atoms with Crippen LogP contribution in [0.3, 0.4) is 0 Å². The van der Waals surface area contributed by atoms with E-state index < -0.39 is 0 Å². The molecule has 0 spiro atoms. The van der Waals surface area contributed by atoms with E-state index in [1.165, 1.54) is 6.33 Å². The molecule has 2 aromatic heterocycles. The van der Waals surface area contributed by atoms with Crippen LogP contribution in [0.2, 0.25) is 0 Å². The molecule has 0 amide bonds. The number of ether oxygens (including phenoxy) is 2. The average molecular weight is 423 g/mol. The summed E-state index contributed by atoms with van der Waals surface area (Å²) in [5.41, 5.74) is 7.64. The fraction of sp³-hybridized carbons (Fsp3) is 0.632. The van der Waals surface area contributed by atoms with Crippen LogP contribution >= 0.6 is 8.96 Å². The highest BCUT2D eigenvalue weighted by Gasteiger charge is 2.29. The Morgan fingerprint density at radius 2 is 2.24 bits per heavy atom. The number of nitrogen functional groups attached to an aromatic ring is 1. The van der Waals surface area contributed by atoms with Crippen LogP contribution in [-0.4, -0.2) is 46.4 Å². The molecule has 1 aliphatic rings. The van der Waals surface area contributed by atoms with Crippen LogP contribution in [-0.2, 0) is 18.8 Å². The molecule has 1 fully saturated rings. The third-order valence-corrected chi connectivity index (χ3v) is 5.86. The second kappa shape index (κ2) is 10.8. The van der Waals surface area contributed by atoms with Gasteiger partial charge in [0.1, 0.15) is 17.9 Å². The standard InChI is InChI=1S/C19H30N5O4P/c1-3-13(4-2)10-26-18(25)9-23-29-27-11-14-5-8-17(28-14)15-6-7-16-19(20)21-12-22-24(15)16/h6-7,12-14,17,23,29H,3-5,8-11H2,1-2H3,(H2,20,21,22)/t14-,17?/m0/s1. The zero-order chi connectivity index (χ0) is 20.6. The van der Waals surface area contributed by atoms with E-state index in [1.54, 1.807) is 4.52 Å². The lowest BCUT2D eigenvalue weighted by molar-refractivity contribution is -0.143. The lowest BCUT2D eigenvalue weighted by Crippen LogP contribution is -2.22. The fourth-order valence-electron chi connectivity index (χ4n) is 3.34. The first-order valence-electron chi connectivity index (χ1n) is 10.1. The van der Waals surface area contributed by atoms with Crippen molar-refractivity contribution < 1.29 is 18.8 Å². The van der Waals surface area contributed by atoms with E-state index in [0.717, 1.165) is 36.9 Å². The van der Waals surface area contributed by atoms with Crippen molar-refractivity contribution >= 4 is 26.3 Å². The Hall–Kier alpha value is -1.80. The third-order valence-electron chi connectivity index (χ3n) is 5.23. The Morgan fingerprint density at radius 3 is 3.03 bits per heavy atom. The van der Waals surface area contributed by atoms with Gasteiger partial charge in [-0.3, -0.25) is 9.88 Å². The maximum atomic E-state index is 11.7. The van der Waals surface area contributed by atoms with Gasteiger partial charge in [0.25, 0.3) is 0 Å². The van der Waals surface area contributed by atoms with Gasteiger partial charge < -0.3 is 19.7 Å². The monoisotopic (exact) mass is 423 g/mol. The number of hydrogen-bond acceptors (Lipinski definition) is 8. The minimum Gasteiger partial charge on any atom is -0.464 e. The quantitative estimate of drug-likeness (QED) is 0.322. The van der Waals surface area contributed by atoms with Crippen molar-refractivity contribution in [2.24, 2.45) is 5.92 Å². The maximum Gasteiger partial charge on any atom is 0.320 e. The van der Waals surface area contributed by atoms with E-state index in [2.05, 4.69) is 29.0 Å². The number of carbonyl (C=O) groups is 1. The van der Waals surface area contributed by atoms with E-state index in [1.807, 2.05) is 12.1 Å². The number of esters is 1. The van der Waals surface area contributed by atoms with Gasteiger partial charge in [-0.15, -0.1) is 0 Å². The fourth-order valence-corrected chi connectivity index (χ4v) is 3.93. The Bertz CT molecular complexity index is 798. The second-order valence-electron chi connectivity index (χ2n) is 7.16. The molecule has 1 saturated heterocycles. The number of nitrogens with one attached hydrogen (secondary N) is 1. The molecule has 0 bridgehead atoms. The van der Waals surface area contributed by atoms with E-state index in [0.29, 0.717) is 24.9 Å². The molecule has 0 radical (unpaired) electrons. The van der Waals surface area contributed by atoms with Gasteiger partial charge in [0.15, 0.2) is 5.82 Å². The van der Waals surface area contributed by atoms with Gasteiger partial charge in [-0.1, -0.05) is 26.7 Å². The number of nitrogens with two attached hydrogens (primary N) is 1. The molecule has 3 heterocycles. The summed E-state index contributed by atoms with van der Waals surface area (Å²) >= 11 is 0. The molecule has 2 unspecified atom stereocenters. The van der Waals surface area contributed by atoms with Gasteiger partial charge in [0, 0.05) is 0 Å². The maximum absolute atomic E-state index is 11.7. The Kier molecular flexibility index (Phi) is 8.18. The molecule has 2 aromatic rings. The van der Waals surface area contributed by atoms with Gasteiger partial charge in [0.05, 0.1) is 40.5 Å². The molecule has 160 valence electrons. The van der Waals surface area contributed by atoms with Gasteiger partial charge in [-0.25, -0.2) is 9.50 Å². The number of fused-ring (bicyclic) bond motifs is 1. The zero-order valence-electron chi connectivity index (χ0n) is 17.0. The first-order chi connectivity index (χ1) is 14.1. The largest absolute Gasteiger partial charge is 0.464 e. The molecule has 29 heavy (non-hydrogen) atoms. The minimum absolute atomic E-state index is 0.0147. The molecular weight excluding hydrogens is 393 g/mol. The van der Waals surface area contributed by atoms with Gasteiger partial charge in [-0.2, -0.15) is 5.10 Å². The number of anilines is 1. The van der Waals surface area contributed by atoms with Crippen LogP contribution < -0.4 is 10.8 Å². The molecule has 10 heteroatoms. The summed E-state index contributed by atoms with van der Waals surface area (Å²) in [6.45, 7) is 5.33. The second-order valence-corrected chi connectivity index (χ2v) is 8.00. The van der Waals surface area contributed by atoms with E-state index >= 15 is 0 Å². The summed E-state index contributed by atoms with van der Waals surface area (Å²) in [5.74, 6) is 0.645. The highest BCUT2D eigenvalue weighted by atomic mass is 31.1. The molecule has 0 aliphatic carbocycles. The normalized spacial score (nSPS) is 19.7. The first-order valence-corrected chi connectivity index (χ1v) is 11.0. The van der Waals surface area contributed by atoms with Crippen molar-refractivity contribution in [3.63, 3.8) is 0 Å². The molecule has 9 nitrogen and oxygen atoms in total.